The lowest BCUT2D eigenvalue weighted by Crippen LogP contribution is -2.37. The predicted molar refractivity (Wildman–Crippen MR) is 65.6 cm³/mol. The Balaban J connectivity index is 1.79. The first-order chi connectivity index (χ1) is 7.75. The van der Waals surface area contributed by atoms with Gasteiger partial charge in [-0.3, -0.25) is 4.79 Å². The third-order valence-corrected chi connectivity index (χ3v) is 4.60. The molecular formula is C10H15N3OS2. The molecule has 1 saturated carbocycles. The Hall–Kier alpha value is -0.620. The van der Waals surface area contributed by atoms with Crippen molar-refractivity contribution in [2.24, 2.45) is 0 Å². The maximum Gasteiger partial charge on any atom is 0.233 e. The number of aromatic nitrogens is 2. The van der Waals surface area contributed by atoms with Gasteiger partial charge >= 0.3 is 0 Å². The fraction of sp³-hybridized carbons (Fsp3) is 0.700. The van der Waals surface area contributed by atoms with E-state index in [1.807, 2.05) is 6.92 Å². The van der Waals surface area contributed by atoms with Crippen LogP contribution in [0, 0.1) is 0 Å². The van der Waals surface area contributed by atoms with Crippen LogP contribution >= 0.6 is 23.1 Å². The lowest BCUT2D eigenvalue weighted by Gasteiger charge is -2.15. The van der Waals surface area contributed by atoms with Gasteiger partial charge in [0.05, 0.1) is 5.25 Å². The summed E-state index contributed by atoms with van der Waals surface area (Å²) in [6.07, 6.45) is 4.73. The number of carbonyl (C=O) groups excluding carboxylic acids is 1. The summed E-state index contributed by atoms with van der Waals surface area (Å²) in [5.74, 6) is 0.118. The van der Waals surface area contributed by atoms with Gasteiger partial charge in [-0.05, 0) is 19.8 Å². The fourth-order valence-electron chi connectivity index (χ4n) is 1.81. The Labute approximate surface area is 103 Å². The van der Waals surface area contributed by atoms with Crippen LogP contribution in [0.5, 0.6) is 0 Å². The highest BCUT2D eigenvalue weighted by Crippen LogP contribution is 2.25. The van der Waals surface area contributed by atoms with Crippen LogP contribution in [0.4, 0.5) is 0 Å². The monoisotopic (exact) mass is 257 g/mol. The van der Waals surface area contributed by atoms with Gasteiger partial charge in [-0.1, -0.05) is 35.9 Å². The van der Waals surface area contributed by atoms with Crippen LogP contribution in [0.15, 0.2) is 9.85 Å². The molecule has 0 aromatic carbocycles. The molecule has 1 aromatic rings. The summed E-state index contributed by atoms with van der Waals surface area (Å²) in [6.45, 7) is 1.91. The summed E-state index contributed by atoms with van der Waals surface area (Å²) in [5, 5.41) is 10.7. The maximum absolute atomic E-state index is 11.8. The van der Waals surface area contributed by atoms with E-state index in [2.05, 4.69) is 15.5 Å². The van der Waals surface area contributed by atoms with E-state index in [1.165, 1.54) is 35.9 Å². The molecule has 16 heavy (non-hydrogen) atoms. The van der Waals surface area contributed by atoms with Crippen LogP contribution in [0.3, 0.4) is 0 Å². The van der Waals surface area contributed by atoms with E-state index in [0.717, 1.165) is 17.2 Å². The number of hydrogen-bond acceptors (Lipinski definition) is 5. The van der Waals surface area contributed by atoms with Gasteiger partial charge in [-0.25, -0.2) is 0 Å². The fourth-order valence-corrected chi connectivity index (χ4v) is 3.44. The molecule has 0 bridgehead atoms. The molecule has 1 N–H and O–H groups in total. The Morgan fingerprint density at radius 1 is 1.62 bits per heavy atom. The van der Waals surface area contributed by atoms with Crippen molar-refractivity contribution in [2.45, 2.75) is 48.2 Å². The standard InChI is InChI=1S/C10H15N3OS2/c1-7(16-10-13-11-6-15-10)9(14)12-8-4-2-3-5-8/h6-8H,2-5H2,1H3,(H,12,14)/t7-/m0/s1. The molecular weight excluding hydrogens is 242 g/mol. The SMILES string of the molecule is C[C@H](Sc1nncs1)C(=O)NC1CCCC1. The third-order valence-electron chi connectivity index (χ3n) is 2.69. The zero-order valence-corrected chi connectivity index (χ0v) is 10.8. The van der Waals surface area contributed by atoms with Crippen molar-refractivity contribution in [3.05, 3.63) is 5.51 Å². The average Bonchev–Trinajstić information content (AvgIpc) is 2.90. The van der Waals surface area contributed by atoms with Crippen molar-refractivity contribution in [3.63, 3.8) is 0 Å². The van der Waals surface area contributed by atoms with Gasteiger partial charge in [0.15, 0.2) is 4.34 Å². The van der Waals surface area contributed by atoms with Gasteiger partial charge in [0.1, 0.15) is 5.51 Å². The summed E-state index contributed by atoms with van der Waals surface area (Å²) in [4.78, 5) is 11.8. The summed E-state index contributed by atoms with van der Waals surface area (Å²) in [5.41, 5.74) is 1.68. The summed E-state index contributed by atoms with van der Waals surface area (Å²) >= 11 is 2.95. The number of hydrogen-bond donors (Lipinski definition) is 1. The van der Waals surface area contributed by atoms with Crippen molar-refractivity contribution in [3.8, 4) is 0 Å². The topological polar surface area (TPSA) is 54.9 Å². The molecule has 0 unspecified atom stereocenters. The summed E-state index contributed by atoms with van der Waals surface area (Å²) < 4.78 is 0.856. The molecule has 1 heterocycles. The summed E-state index contributed by atoms with van der Waals surface area (Å²) in [7, 11) is 0. The molecule has 4 nitrogen and oxygen atoms in total. The van der Waals surface area contributed by atoms with E-state index >= 15 is 0 Å². The van der Waals surface area contributed by atoms with E-state index in [-0.39, 0.29) is 11.2 Å². The first-order valence-electron chi connectivity index (χ1n) is 5.49. The minimum Gasteiger partial charge on any atom is -0.352 e. The zero-order valence-electron chi connectivity index (χ0n) is 9.18. The highest BCUT2D eigenvalue weighted by Gasteiger charge is 2.21. The second-order valence-electron chi connectivity index (χ2n) is 3.95. The second-order valence-corrected chi connectivity index (χ2v) is 6.38. The first kappa shape index (κ1) is 11.9. The van der Waals surface area contributed by atoms with E-state index < -0.39 is 0 Å². The second kappa shape index (κ2) is 5.63. The quantitative estimate of drug-likeness (QED) is 0.839. The van der Waals surface area contributed by atoms with E-state index in [4.69, 9.17) is 0 Å². The Bertz CT molecular complexity index is 336. The molecule has 1 fully saturated rings. The number of rotatable bonds is 4. The largest absolute Gasteiger partial charge is 0.352 e. The molecule has 6 heteroatoms. The molecule has 0 radical (unpaired) electrons. The number of thioether (sulfide) groups is 1. The van der Waals surface area contributed by atoms with E-state index in [0.29, 0.717) is 6.04 Å². The molecule has 0 aliphatic heterocycles. The van der Waals surface area contributed by atoms with Crippen LogP contribution < -0.4 is 5.32 Å². The lowest BCUT2D eigenvalue weighted by atomic mass is 10.2. The molecule has 0 saturated heterocycles. The van der Waals surface area contributed by atoms with Gasteiger partial charge < -0.3 is 5.32 Å². The van der Waals surface area contributed by atoms with Crippen molar-refractivity contribution in [2.75, 3.05) is 0 Å². The Kier molecular flexibility index (Phi) is 4.17. The molecule has 1 aliphatic rings. The van der Waals surface area contributed by atoms with Crippen LogP contribution in [0.1, 0.15) is 32.6 Å². The average molecular weight is 257 g/mol. The number of nitrogens with one attached hydrogen (secondary N) is 1. The highest BCUT2D eigenvalue weighted by atomic mass is 32.2. The molecule has 1 aromatic heterocycles. The van der Waals surface area contributed by atoms with E-state index in [1.54, 1.807) is 5.51 Å². The van der Waals surface area contributed by atoms with E-state index in [9.17, 15) is 4.79 Å². The molecule has 2 rings (SSSR count). The molecule has 88 valence electrons. The summed E-state index contributed by atoms with van der Waals surface area (Å²) in [6, 6.07) is 0.393. The molecule has 1 amide bonds. The van der Waals surface area contributed by atoms with Crippen LogP contribution in [0.2, 0.25) is 0 Å². The predicted octanol–water partition coefficient (Wildman–Crippen LogP) is 2.08. The zero-order chi connectivity index (χ0) is 11.4. The molecule has 0 spiro atoms. The minimum absolute atomic E-state index is 0.0893. The minimum atomic E-state index is -0.0893. The smallest absolute Gasteiger partial charge is 0.233 e. The highest BCUT2D eigenvalue weighted by molar-refractivity contribution is 8.02. The Morgan fingerprint density at radius 2 is 2.38 bits per heavy atom. The van der Waals surface area contributed by atoms with Gasteiger partial charge in [0.25, 0.3) is 0 Å². The van der Waals surface area contributed by atoms with Crippen molar-refractivity contribution in [1.29, 1.82) is 0 Å². The van der Waals surface area contributed by atoms with Crippen molar-refractivity contribution < 1.29 is 4.79 Å². The number of amides is 1. The number of carbonyl (C=O) groups is 1. The van der Waals surface area contributed by atoms with Gasteiger partial charge in [0, 0.05) is 6.04 Å². The molecule has 1 aliphatic carbocycles. The van der Waals surface area contributed by atoms with Gasteiger partial charge in [0.2, 0.25) is 5.91 Å². The third kappa shape index (κ3) is 3.18. The first-order valence-corrected chi connectivity index (χ1v) is 7.25. The van der Waals surface area contributed by atoms with Gasteiger partial charge in [-0.2, -0.15) is 0 Å². The maximum atomic E-state index is 11.8. The van der Waals surface area contributed by atoms with Gasteiger partial charge in [-0.15, -0.1) is 10.2 Å². The number of nitrogens with zero attached hydrogens (tertiary/aromatic N) is 2. The lowest BCUT2D eigenvalue weighted by molar-refractivity contribution is -0.120. The van der Waals surface area contributed by atoms with Crippen LogP contribution in [-0.4, -0.2) is 27.4 Å². The van der Waals surface area contributed by atoms with Crippen LogP contribution in [0.25, 0.3) is 0 Å². The van der Waals surface area contributed by atoms with Crippen LogP contribution in [-0.2, 0) is 4.79 Å². The normalized spacial score (nSPS) is 18.6. The van der Waals surface area contributed by atoms with Crippen molar-refractivity contribution >= 4 is 29.0 Å². The Morgan fingerprint density at radius 3 is 3.00 bits per heavy atom. The molecule has 1 atom stereocenters. The van der Waals surface area contributed by atoms with Crippen molar-refractivity contribution in [1.82, 2.24) is 15.5 Å².